The monoisotopic (exact) mass is 244 g/mol. The van der Waals surface area contributed by atoms with Crippen molar-refractivity contribution in [2.75, 3.05) is 5.32 Å². The average molecular weight is 244 g/mol. The first-order chi connectivity index (χ1) is 8.65. The molecule has 0 aliphatic carbocycles. The minimum Gasteiger partial charge on any atom is -0.350 e. The molecule has 0 atom stereocenters. The molecule has 0 spiro atoms. The fourth-order valence-electron chi connectivity index (χ4n) is 1.39. The Morgan fingerprint density at radius 1 is 1.22 bits per heavy atom. The van der Waals surface area contributed by atoms with Crippen molar-refractivity contribution in [3.8, 4) is 0 Å². The van der Waals surface area contributed by atoms with Gasteiger partial charge in [-0.2, -0.15) is 0 Å². The van der Waals surface area contributed by atoms with E-state index in [4.69, 9.17) is 0 Å². The minimum atomic E-state index is -0.524. The Kier molecular flexibility index (Phi) is 3.47. The molecule has 92 valence electrons. The standard InChI is InChI=1S/C12H12N4O2/c1-9-2-4-10(5-3-9)6-13-12-14-7-11(8-15-12)16(17)18/h2-5,7-8H,6H2,1H3,(H,13,14,15). The van der Waals surface area contributed by atoms with Crippen molar-refractivity contribution in [1.82, 2.24) is 9.97 Å². The van der Waals surface area contributed by atoms with Crippen LogP contribution in [-0.4, -0.2) is 14.9 Å². The van der Waals surface area contributed by atoms with E-state index in [1.54, 1.807) is 0 Å². The molecule has 0 saturated heterocycles. The summed E-state index contributed by atoms with van der Waals surface area (Å²) in [6, 6.07) is 8.06. The molecule has 2 aromatic rings. The van der Waals surface area contributed by atoms with Gasteiger partial charge in [0.25, 0.3) is 0 Å². The van der Waals surface area contributed by atoms with Crippen LogP contribution in [0.15, 0.2) is 36.7 Å². The van der Waals surface area contributed by atoms with Crippen LogP contribution in [0, 0.1) is 17.0 Å². The first-order valence-electron chi connectivity index (χ1n) is 5.41. The Hall–Kier alpha value is -2.50. The lowest BCUT2D eigenvalue weighted by atomic mass is 10.1. The summed E-state index contributed by atoms with van der Waals surface area (Å²) in [7, 11) is 0. The molecule has 1 aromatic carbocycles. The summed E-state index contributed by atoms with van der Waals surface area (Å²) in [6.45, 7) is 2.61. The predicted octanol–water partition coefficient (Wildman–Crippen LogP) is 2.31. The lowest BCUT2D eigenvalue weighted by Crippen LogP contribution is -2.03. The Morgan fingerprint density at radius 2 is 1.83 bits per heavy atom. The van der Waals surface area contributed by atoms with Gasteiger partial charge < -0.3 is 5.32 Å². The van der Waals surface area contributed by atoms with Crippen LogP contribution < -0.4 is 5.32 Å². The fourth-order valence-corrected chi connectivity index (χ4v) is 1.39. The molecule has 0 aliphatic rings. The summed E-state index contributed by atoms with van der Waals surface area (Å²) in [5, 5.41) is 13.4. The fraction of sp³-hybridized carbons (Fsp3) is 0.167. The van der Waals surface area contributed by atoms with E-state index < -0.39 is 4.92 Å². The van der Waals surface area contributed by atoms with Crippen LogP contribution in [0.1, 0.15) is 11.1 Å². The van der Waals surface area contributed by atoms with Gasteiger partial charge in [0.2, 0.25) is 5.95 Å². The molecule has 0 radical (unpaired) electrons. The number of hydrogen-bond acceptors (Lipinski definition) is 5. The van der Waals surface area contributed by atoms with Gasteiger partial charge in [0, 0.05) is 6.54 Å². The predicted molar refractivity (Wildman–Crippen MR) is 67.2 cm³/mol. The molecule has 0 aliphatic heterocycles. The number of nitrogens with one attached hydrogen (secondary N) is 1. The molecule has 6 heteroatoms. The number of benzene rings is 1. The zero-order valence-corrected chi connectivity index (χ0v) is 9.83. The molecule has 0 amide bonds. The first-order valence-corrected chi connectivity index (χ1v) is 5.41. The van der Waals surface area contributed by atoms with E-state index in [0.717, 1.165) is 5.56 Å². The van der Waals surface area contributed by atoms with Gasteiger partial charge in [-0.1, -0.05) is 29.8 Å². The number of hydrogen-bond donors (Lipinski definition) is 1. The van der Waals surface area contributed by atoms with Crippen LogP contribution in [0.2, 0.25) is 0 Å². The molecular formula is C12H12N4O2. The van der Waals surface area contributed by atoms with Crippen molar-refractivity contribution < 1.29 is 4.92 Å². The van der Waals surface area contributed by atoms with Crippen LogP contribution in [0.25, 0.3) is 0 Å². The molecule has 6 nitrogen and oxygen atoms in total. The van der Waals surface area contributed by atoms with Crippen LogP contribution in [0.5, 0.6) is 0 Å². The summed E-state index contributed by atoms with van der Waals surface area (Å²) in [5.41, 5.74) is 2.18. The van der Waals surface area contributed by atoms with E-state index >= 15 is 0 Å². The number of nitrogens with zero attached hydrogens (tertiary/aromatic N) is 3. The van der Waals surface area contributed by atoms with Gasteiger partial charge in [0.1, 0.15) is 12.4 Å². The third kappa shape index (κ3) is 3.00. The van der Waals surface area contributed by atoms with Crippen molar-refractivity contribution >= 4 is 11.6 Å². The smallest absolute Gasteiger partial charge is 0.305 e. The lowest BCUT2D eigenvalue weighted by molar-refractivity contribution is -0.385. The van der Waals surface area contributed by atoms with Crippen molar-refractivity contribution in [3.05, 3.63) is 57.9 Å². The van der Waals surface area contributed by atoms with E-state index in [1.165, 1.54) is 18.0 Å². The molecule has 1 heterocycles. The third-order valence-corrected chi connectivity index (χ3v) is 2.42. The zero-order valence-electron chi connectivity index (χ0n) is 9.83. The Balaban J connectivity index is 1.97. The summed E-state index contributed by atoms with van der Waals surface area (Å²) < 4.78 is 0. The SMILES string of the molecule is Cc1ccc(CNc2ncc([N+](=O)[O-])cn2)cc1. The molecule has 2 rings (SSSR count). The molecule has 0 bridgehead atoms. The quantitative estimate of drug-likeness (QED) is 0.659. The summed E-state index contributed by atoms with van der Waals surface area (Å²) in [6.07, 6.45) is 2.37. The van der Waals surface area contributed by atoms with Crippen molar-refractivity contribution in [1.29, 1.82) is 0 Å². The van der Waals surface area contributed by atoms with E-state index in [9.17, 15) is 10.1 Å². The molecular weight excluding hydrogens is 232 g/mol. The maximum atomic E-state index is 10.4. The van der Waals surface area contributed by atoms with Crippen LogP contribution in [0.3, 0.4) is 0 Å². The highest BCUT2D eigenvalue weighted by molar-refractivity contribution is 5.32. The largest absolute Gasteiger partial charge is 0.350 e. The lowest BCUT2D eigenvalue weighted by Gasteiger charge is -2.04. The average Bonchev–Trinajstić information content (AvgIpc) is 2.38. The molecule has 18 heavy (non-hydrogen) atoms. The van der Waals surface area contributed by atoms with Crippen molar-refractivity contribution in [2.24, 2.45) is 0 Å². The Labute approximate surface area is 104 Å². The molecule has 1 aromatic heterocycles. The van der Waals surface area contributed by atoms with Gasteiger partial charge in [0.15, 0.2) is 0 Å². The Morgan fingerprint density at radius 3 is 2.39 bits per heavy atom. The number of nitro groups is 1. The molecule has 0 saturated carbocycles. The minimum absolute atomic E-state index is 0.115. The molecule has 0 fully saturated rings. The number of aryl methyl sites for hydroxylation is 1. The molecule has 1 N–H and O–H groups in total. The van der Waals surface area contributed by atoms with Gasteiger partial charge in [-0.25, -0.2) is 9.97 Å². The van der Waals surface area contributed by atoms with E-state index in [1.807, 2.05) is 31.2 Å². The highest BCUT2D eigenvalue weighted by Gasteiger charge is 2.06. The highest BCUT2D eigenvalue weighted by atomic mass is 16.6. The van der Waals surface area contributed by atoms with E-state index in [2.05, 4.69) is 15.3 Å². The van der Waals surface area contributed by atoms with Crippen LogP contribution in [-0.2, 0) is 6.54 Å². The maximum absolute atomic E-state index is 10.4. The van der Waals surface area contributed by atoms with Gasteiger partial charge in [-0.05, 0) is 12.5 Å². The Bertz CT molecular complexity index is 537. The second kappa shape index (κ2) is 5.22. The maximum Gasteiger partial charge on any atom is 0.305 e. The molecule has 0 unspecified atom stereocenters. The van der Waals surface area contributed by atoms with Crippen molar-refractivity contribution in [2.45, 2.75) is 13.5 Å². The summed E-state index contributed by atoms with van der Waals surface area (Å²) >= 11 is 0. The van der Waals surface area contributed by atoms with Gasteiger partial charge >= 0.3 is 5.69 Å². The van der Waals surface area contributed by atoms with Gasteiger partial charge in [-0.3, -0.25) is 10.1 Å². The first kappa shape index (κ1) is 12.0. The number of rotatable bonds is 4. The van der Waals surface area contributed by atoms with Gasteiger partial charge in [-0.15, -0.1) is 0 Å². The highest BCUT2D eigenvalue weighted by Crippen LogP contribution is 2.09. The number of aromatic nitrogens is 2. The zero-order chi connectivity index (χ0) is 13.0. The van der Waals surface area contributed by atoms with E-state index in [-0.39, 0.29) is 5.69 Å². The second-order valence-corrected chi connectivity index (χ2v) is 3.86. The number of anilines is 1. The normalized spacial score (nSPS) is 10.1. The summed E-state index contributed by atoms with van der Waals surface area (Å²) in [4.78, 5) is 17.6. The van der Waals surface area contributed by atoms with Gasteiger partial charge in [0.05, 0.1) is 4.92 Å². The topological polar surface area (TPSA) is 81.0 Å². The van der Waals surface area contributed by atoms with Crippen LogP contribution >= 0.6 is 0 Å². The van der Waals surface area contributed by atoms with E-state index in [0.29, 0.717) is 12.5 Å². The third-order valence-electron chi connectivity index (χ3n) is 2.42. The van der Waals surface area contributed by atoms with Crippen molar-refractivity contribution in [3.63, 3.8) is 0 Å². The second-order valence-electron chi connectivity index (χ2n) is 3.86. The summed E-state index contributed by atoms with van der Waals surface area (Å²) in [5.74, 6) is 0.376. The van der Waals surface area contributed by atoms with Crippen LogP contribution in [0.4, 0.5) is 11.6 Å².